The van der Waals surface area contributed by atoms with Crippen LogP contribution in [0.25, 0.3) is 0 Å². The topological polar surface area (TPSA) is 71.0 Å². The summed E-state index contributed by atoms with van der Waals surface area (Å²) in [6, 6.07) is 7.50. The number of hydrogen-bond donors (Lipinski definition) is 1. The van der Waals surface area contributed by atoms with Crippen LogP contribution in [0.1, 0.15) is 22.6 Å². The van der Waals surface area contributed by atoms with Crippen LogP contribution in [0.5, 0.6) is 0 Å². The number of aromatic nitrogens is 3. The highest BCUT2D eigenvalue weighted by Gasteiger charge is 2.27. The van der Waals surface area contributed by atoms with E-state index in [9.17, 15) is 4.79 Å². The fourth-order valence-corrected chi connectivity index (χ4v) is 2.46. The van der Waals surface area contributed by atoms with E-state index in [1.165, 1.54) is 0 Å². The van der Waals surface area contributed by atoms with E-state index in [0.29, 0.717) is 12.2 Å². The molecule has 1 amide bonds. The van der Waals surface area contributed by atoms with Crippen molar-refractivity contribution in [1.82, 2.24) is 19.9 Å². The fourth-order valence-electron chi connectivity index (χ4n) is 2.46. The Morgan fingerprint density at radius 1 is 1.33 bits per heavy atom. The van der Waals surface area contributed by atoms with Gasteiger partial charge in [-0.15, -0.1) is 0 Å². The summed E-state index contributed by atoms with van der Waals surface area (Å²) in [5.74, 6) is 0.790. The Morgan fingerprint density at radius 3 is 3.00 bits per heavy atom. The molecule has 108 valence electrons. The lowest BCUT2D eigenvalue weighted by molar-refractivity contribution is 0.0786. The molecule has 1 saturated heterocycles. The van der Waals surface area contributed by atoms with Crippen LogP contribution in [0.4, 0.5) is 5.82 Å². The van der Waals surface area contributed by atoms with Crippen molar-refractivity contribution in [2.24, 2.45) is 0 Å². The summed E-state index contributed by atoms with van der Waals surface area (Å²) in [5.41, 5.74) is 1.42. The predicted octanol–water partition coefficient (Wildman–Crippen LogP) is 1.51. The first-order chi connectivity index (χ1) is 10.2. The zero-order valence-electron chi connectivity index (χ0n) is 11.9. The highest BCUT2D eigenvalue weighted by atomic mass is 16.2. The third kappa shape index (κ3) is 3.16. The van der Waals surface area contributed by atoms with Crippen LogP contribution in [0.15, 0.2) is 36.8 Å². The Hall–Kier alpha value is -2.50. The quantitative estimate of drug-likeness (QED) is 0.924. The second-order valence-corrected chi connectivity index (χ2v) is 5.14. The molecule has 2 aromatic heterocycles. The lowest BCUT2D eigenvalue weighted by atomic mass is 10.2. The fraction of sp³-hybridized carbons (Fsp3) is 0.333. The maximum atomic E-state index is 12.3. The molecule has 0 aromatic carbocycles. The van der Waals surface area contributed by atoms with Crippen LogP contribution in [-0.4, -0.2) is 44.9 Å². The van der Waals surface area contributed by atoms with Crippen LogP contribution in [0.3, 0.4) is 0 Å². The minimum absolute atomic E-state index is 0.0150. The predicted molar refractivity (Wildman–Crippen MR) is 78.9 cm³/mol. The molecule has 0 aliphatic carbocycles. The van der Waals surface area contributed by atoms with Gasteiger partial charge in [-0.2, -0.15) is 0 Å². The van der Waals surface area contributed by atoms with Crippen molar-refractivity contribution in [2.75, 3.05) is 18.4 Å². The number of rotatable bonds is 3. The number of nitrogens with zero attached hydrogens (tertiary/aromatic N) is 4. The molecule has 3 heterocycles. The van der Waals surface area contributed by atoms with Gasteiger partial charge in [-0.05, 0) is 25.5 Å². The molecule has 6 nitrogen and oxygen atoms in total. The molecule has 3 rings (SSSR count). The van der Waals surface area contributed by atoms with E-state index in [1.807, 2.05) is 30.0 Å². The standard InChI is InChI=1S/C15H17N5O/c1-11-8-14(18-10-17-11)19-12-5-7-20(9-12)15(21)13-4-2-3-6-16-13/h2-4,6,8,10,12H,5,7,9H2,1H3,(H,17,18,19). The minimum atomic E-state index is -0.0150. The summed E-state index contributed by atoms with van der Waals surface area (Å²) >= 11 is 0. The van der Waals surface area contributed by atoms with Crippen LogP contribution in [-0.2, 0) is 0 Å². The van der Waals surface area contributed by atoms with Gasteiger partial charge in [0.25, 0.3) is 5.91 Å². The maximum Gasteiger partial charge on any atom is 0.272 e. The largest absolute Gasteiger partial charge is 0.365 e. The number of carbonyl (C=O) groups is 1. The van der Waals surface area contributed by atoms with Crippen LogP contribution < -0.4 is 5.32 Å². The molecule has 0 bridgehead atoms. The monoisotopic (exact) mass is 283 g/mol. The normalized spacial score (nSPS) is 17.8. The SMILES string of the molecule is Cc1cc(NC2CCN(C(=O)c3ccccn3)C2)ncn1. The second kappa shape index (κ2) is 5.87. The number of nitrogens with one attached hydrogen (secondary N) is 1. The summed E-state index contributed by atoms with van der Waals surface area (Å²) in [6.45, 7) is 3.33. The van der Waals surface area contributed by atoms with Crippen LogP contribution in [0, 0.1) is 6.92 Å². The van der Waals surface area contributed by atoms with Gasteiger partial charge < -0.3 is 10.2 Å². The Bertz CT molecular complexity index is 631. The van der Waals surface area contributed by atoms with Crippen molar-refractivity contribution in [3.05, 3.63) is 48.2 Å². The van der Waals surface area contributed by atoms with E-state index in [0.717, 1.165) is 24.5 Å². The van der Waals surface area contributed by atoms with Crippen molar-refractivity contribution >= 4 is 11.7 Å². The number of pyridine rings is 1. The Kier molecular flexibility index (Phi) is 3.77. The summed E-state index contributed by atoms with van der Waals surface area (Å²) in [4.78, 5) is 26.5. The number of hydrogen-bond acceptors (Lipinski definition) is 5. The van der Waals surface area contributed by atoms with E-state index in [-0.39, 0.29) is 11.9 Å². The Balaban J connectivity index is 1.62. The second-order valence-electron chi connectivity index (χ2n) is 5.14. The zero-order chi connectivity index (χ0) is 14.7. The molecule has 1 atom stereocenters. The van der Waals surface area contributed by atoms with Crippen LogP contribution in [0.2, 0.25) is 0 Å². The summed E-state index contributed by atoms with van der Waals surface area (Å²) in [7, 11) is 0. The van der Waals surface area contributed by atoms with Gasteiger partial charge in [0.1, 0.15) is 17.8 Å². The lowest BCUT2D eigenvalue weighted by Crippen LogP contribution is -2.32. The number of likely N-dealkylation sites (tertiary alicyclic amines) is 1. The molecular formula is C15H17N5O. The Morgan fingerprint density at radius 2 is 2.24 bits per heavy atom. The summed E-state index contributed by atoms with van der Waals surface area (Å²) in [5, 5.41) is 3.35. The van der Waals surface area contributed by atoms with E-state index >= 15 is 0 Å². The lowest BCUT2D eigenvalue weighted by Gasteiger charge is -2.17. The maximum absolute atomic E-state index is 12.3. The van der Waals surface area contributed by atoms with Gasteiger partial charge in [-0.1, -0.05) is 6.07 Å². The van der Waals surface area contributed by atoms with Crippen molar-refractivity contribution in [2.45, 2.75) is 19.4 Å². The van der Waals surface area contributed by atoms with Gasteiger partial charge >= 0.3 is 0 Å². The third-order valence-electron chi connectivity index (χ3n) is 3.52. The highest BCUT2D eigenvalue weighted by Crippen LogP contribution is 2.16. The van der Waals surface area contributed by atoms with Gasteiger partial charge in [0.05, 0.1) is 0 Å². The number of anilines is 1. The zero-order valence-corrected chi connectivity index (χ0v) is 11.9. The first-order valence-electron chi connectivity index (χ1n) is 6.98. The molecule has 2 aromatic rings. The molecule has 0 radical (unpaired) electrons. The highest BCUT2D eigenvalue weighted by molar-refractivity contribution is 5.92. The van der Waals surface area contributed by atoms with Crippen molar-refractivity contribution < 1.29 is 4.79 Å². The van der Waals surface area contributed by atoms with Crippen molar-refractivity contribution in [3.63, 3.8) is 0 Å². The molecule has 1 aliphatic heterocycles. The molecule has 6 heteroatoms. The van der Waals surface area contributed by atoms with E-state index < -0.39 is 0 Å². The van der Waals surface area contributed by atoms with Crippen LogP contribution >= 0.6 is 0 Å². The average molecular weight is 283 g/mol. The van der Waals surface area contributed by atoms with E-state index in [2.05, 4.69) is 20.3 Å². The molecule has 21 heavy (non-hydrogen) atoms. The van der Waals surface area contributed by atoms with Gasteiger partial charge in [-0.3, -0.25) is 9.78 Å². The van der Waals surface area contributed by atoms with Crippen molar-refractivity contribution in [1.29, 1.82) is 0 Å². The molecule has 1 N–H and O–H groups in total. The van der Waals surface area contributed by atoms with Gasteiger partial charge in [0.15, 0.2) is 0 Å². The number of amides is 1. The number of carbonyl (C=O) groups excluding carboxylic acids is 1. The molecule has 0 spiro atoms. The number of aryl methyl sites for hydroxylation is 1. The molecule has 1 unspecified atom stereocenters. The molecule has 0 saturated carbocycles. The van der Waals surface area contributed by atoms with Crippen molar-refractivity contribution in [3.8, 4) is 0 Å². The summed E-state index contributed by atoms with van der Waals surface area (Å²) < 4.78 is 0. The first kappa shape index (κ1) is 13.5. The van der Waals surface area contributed by atoms with Gasteiger partial charge in [0, 0.05) is 37.1 Å². The summed E-state index contributed by atoms with van der Waals surface area (Å²) in [6.07, 6.45) is 4.09. The van der Waals surface area contributed by atoms with E-state index in [4.69, 9.17) is 0 Å². The molecule has 1 fully saturated rings. The first-order valence-corrected chi connectivity index (χ1v) is 6.98. The van der Waals surface area contributed by atoms with E-state index in [1.54, 1.807) is 18.6 Å². The molecular weight excluding hydrogens is 266 g/mol. The third-order valence-corrected chi connectivity index (χ3v) is 3.52. The Labute approximate surface area is 123 Å². The minimum Gasteiger partial charge on any atom is -0.365 e. The smallest absolute Gasteiger partial charge is 0.272 e. The average Bonchev–Trinajstić information content (AvgIpc) is 2.96. The van der Waals surface area contributed by atoms with Gasteiger partial charge in [0.2, 0.25) is 0 Å². The molecule has 1 aliphatic rings. The van der Waals surface area contributed by atoms with Gasteiger partial charge in [-0.25, -0.2) is 9.97 Å².